The highest BCUT2D eigenvalue weighted by Gasteiger charge is 2.30. The molecular weight excluding hydrogens is 1610 g/mol. The maximum atomic E-state index is 13.8. The van der Waals surface area contributed by atoms with Crippen molar-refractivity contribution in [3.8, 4) is 57.5 Å². The fourth-order valence-electron chi connectivity index (χ4n) is 9.84. The number of nitrogens with zero attached hydrogens (tertiary/aromatic N) is 14. The molecule has 0 radical (unpaired) electrons. The van der Waals surface area contributed by atoms with Crippen molar-refractivity contribution >= 4 is 80.6 Å². The molecule has 29 nitrogen and oxygen atoms in total. The van der Waals surface area contributed by atoms with Gasteiger partial charge in [0.2, 0.25) is 0 Å². The molecule has 5 amide bonds. The fourth-order valence-corrected chi connectivity index (χ4v) is 11.1. The van der Waals surface area contributed by atoms with Crippen LogP contribution in [0.2, 0.25) is 0 Å². The number of amides is 5. The molecule has 0 aliphatic carbocycles. The van der Waals surface area contributed by atoms with Gasteiger partial charge in [0.05, 0.1) is 67.5 Å². The molecule has 6 aromatic carbocycles. The van der Waals surface area contributed by atoms with Crippen molar-refractivity contribution in [3.05, 3.63) is 341 Å². The zero-order chi connectivity index (χ0) is 84.9. The lowest BCUT2D eigenvalue weighted by molar-refractivity contribution is 0.0171. The molecule has 0 atom stereocenters. The van der Waals surface area contributed by atoms with Crippen molar-refractivity contribution in [2.75, 3.05) is 26.6 Å². The van der Waals surface area contributed by atoms with E-state index in [1.54, 1.807) is 72.5 Å². The zero-order valence-corrected chi connectivity index (χ0v) is 64.3. The Labute approximate surface area is 684 Å². The van der Waals surface area contributed by atoms with Crippen molar-refractivity contribution in [3.63, 3.8) is 0 Å². The maximum Gasteiger partial charge on any atom is 0.296 e. The molecule has 604 valence electrons. The van der Waals surface area contributed by atoms with E-state index in [2.05, 4.69) is 96.4 Å². The van der Waals surface area contributed by atoms with Crippen molar-refractivity contribution < 1.29 is 78.4 Å². The average molecular weight is 1670 g/mol. The molecule has 9 aromatic heterocycles. The van der Waals surface area contributed by atoms with Crippen LogP contribution in [0.3, 0.4) is 0 Å². The molecular formula is C82H60F7N19O10S2. The minimum Gasteiger partial charge on any atom is -0.454 e. The monoisotopic (exact) mass is 1670 g/mol. The minimum absolute atomic E-state index is 0.0830. The standard InChI is InChI=1S/C18H14FN3O2.2C17H13FN4O2.C16H11F3N4O2S.C14H9FN4O2S/c1-12-3-2-4-13(5-12)18(23)22-15-6-14(19)7-16(8-15)24-17-9-20-11-21-10-17;1-11-2-3-21-16(4-11)17(23)22-13-5-12(18)6-14(7-13)24-15-8-19-10-20-9-15;1-11-3-2-4-16(21-11)17(23)22-13-5-12(18)6-14(7-13)24-15-8-19-10-20-9-15;1-16(18,19)15-23-13(7-26-15)14(24)22-10-2-9(17)3-11(4-10)25-12-5-20-8-21-6-12;15-9-1-10(19-14(20)13-6-22-8-18-13)3-11(2-9)21-12-4-16-7-17-5-12/h2-11H,1H3,(H,22,23);2*2-10H,1H3,(H,22,23);2-8H,1H3,(H,22,24);1-8H,(H,19,20). The summed E-state index contributed by atoms with van der Waals surface area (Å²) in [5.41, 5.74) is 6.39. The Morgan fingerprint density at radius 3 is 1.02 bits per heavy atom. The molecule has 0 fully saturated rings. The molecule has 0 spiro atoms. The van der Waals surface area contributed by atoms with E-state index in [1.807, 2.05) is 19.9 Å². The molecule has 9 heterocycles. The summed E-state index contributed by atoms with van der Waals surface area (Å²) in [6, 6.07) is 34.9. The normalized spacial score (nSPS) is 10.5. The van der Waals surface area contributed by atoms with E-state index in [0.717, 1.165) is 29.0 Å². The van der Waals surface area contributed by atoms with E-state index >= 15 is 0 Å². The molecule has 15 aromatic rings. The number of aryl methyl sites for hydroxylation is 3. The van der Waals surface area contributed by atoms with E-state index in [4.69, 9.17) is 23.7 Å². The number of hydrogen-bond donors (Lipinski definition) is 5. The first-order chi connectivity index (χ1) is 57.8. The Hall–Kier alpha value is -15.9. The van der Waals surface area contributed by atoms with Gasteiger partial charge in [-0.05, 0) is 93.1 Å². The van der Waals surface area contributed by atoms with E-state index < -0.39 is 63.6 Å². The molecule has 120 heavy (non-hydrogen) atoms. The number of nitrogens with one attached hydrogen (secondary N) is 5. The van der Waals surface area contributed by atoms with Gasteiger partial charge in [-0.2, -0.15) is 8.78 Å². The Kier molecular flexibility index (Phi) is 29.4. The molecule has 15 rings (SSSR count). The number of alkyl halides is 2. The molecule has 38 heteroatoms. The van der Waals surface area contributed by atoms with Gasteiger partial charge in [-0.25, -0.2) is 86.7 Å². The summed E-state index contributed by atoms with van der Waals surface area (Å²) >= 11 is 1.97. The summed E-state index contributed by atoms with van der Waals surface area (Å²) in [7, 11) is 0. The first kappa shape index (κ1) is 85.0. The Morgan fingerprint density at radius 2 is 0.683 bits per heavy atom. The number of aromatic nitrogens is 14. The quantitative estimate of drug-likeness (QED) is 0.0417. The summed E-state index contributed by atoms with van der Waals surface area (Å²) in [5, 5.41) is 15.2. The lowest BCUT2D eigenvalue weighted by atomic mass is 10.1. The number of pyridine rings is 2. The summed E-state index contributed by atoms with van der Waals surface area (Å²) in [5.74, 6) is -5.53. The van der Waals surface area contributed by atoms with Crippen molar-refractivity contribution in [1.82, 2.24) is 69.8 Å². The highest BCUT2D eigenvalue weighted by molar-refractivity contribution is 7.10. The largest absolute Gasteiger partial charge is 0.454 e. The lowest BCUT2D eigenvalue weighted by Crippen LogP contribution is -2.14. The Bertz CT molecular complexity index is 5670. The molecule has 0 saturated carbocycles. The SMILES string of the molecule is CC(F)(F)c1nc(C(=O)Nc2cc(F)cc(Oc3cncnc3)c2)cs1.Cc1cccc(C(=O)Nc2cc(F)cc(Oc3cncnc3)c2)c1.Cc1cccc(C(=O)Nc2cc(F)cc(Oc3cncnc3)c2)n1.Cc1ccnc(C(=O)Nc2cc(F)cc(Oc3cncnc3)c2)c1.O=C(Nc1cc(F)cc(Oc2cncnc2)c1)c1cscn1. The molecule has 5 N–H and O–H groups in total. The molecule has 0 bridgehead atoms. The summed E-state index contributed by atoms with van der Waals surface area (Å²) in [4.78, 5) is 114. The van der Waals surface area contributed by atoms with E-state index in [0.29, 0.717) is 52.5 Å². The number of ether oxygens (including phenoxy) is 5. The fraction of sp³-hybridized carbons (Fsp3) is 0.0610. The lowest BCUT2D eigenvalue weighted by Gasteiger charge is -2.09. The summed E-state index contributed by atoms with van der Waals surface area (Å²) < 4.78 is 122. The van der Waals surface area contributed by atoms with Crippen LogP contribution in [0.4, 0.5) is 59.2 Å². The molecule has 0 saturated heterocycles. The Morgan fingerprint density at radius 1 is 0.342 bits per heavy atom. The second-order valence-electron chi connectivity index (χ2n) is 24.6. The van der Waals surface area contributed by atoms with Crippen LogP contribution in [0.5, 0.6) is 57.5 Å². The number of anilines is 5. The molecule has 0 unspecified atom stereocenters. The minimum atomic E-state index is -3.14. The van der Waals surface area contributed by atoms with Crippen LogP contribution < -0.4 is 50.3 Å². The smallest absolute Gasteiger partial charge is 0.296 e. The van der Waals surface area contributed by atoms with Gasteiger partial charge in [-0.1, -0.05) is 23.8 Å². The number of thiazole rings is 2. The van der Waals surface area contributed by atoms with Crippen LogP contribution in [0.15, 0.2) is 262 Å². The van der Waals surface area contributed by atoms with Crippen molar-refractivity contribution in [2.45, 2.75) is 33.6 Å². The number of halogens is 7. The summed E-state index contributed by atoms with van der Waals surface area (Å²) in [6.45, 7) is 6.23. The average Bonchev–Trinajstić information content (AvgIpc) is 1.68. The first-order valence-electron chi connectivity index (χ1n) is 34.7. The van der Waals surface area contributed by atoms with Gasteiger partial charge in [-0.15, -0.1) is 22.7 Å². The predicted octanol–water partition coefficient (Wildman–Crippen LogP) is 18.0. The number of carbonyl (C=O) groups excluding carboxylic acids is 5. The third kappa shape index (κ3) is 27.2. The third-order valence-electron chi connectivity index (χ3n) is 14.8. The van der Waals surface area contributed by atoms with Gasteiger partial charge < -0.3 is 50.3 Å². The van der Waals surface area contributed by atoms with E-state index in [1.165, 1.54) is 189 Å². The number of rotatable bonds is 21. The maximum absolute atomic E-state index is 13.8. The molecule has 0 aliphatic heterocycles. The third-order valence-corrected chi connectivity index (χ3v) is 16.4. The van der Waals surface area contributed by atoms with Gasteiger partial charge in [-0.3, -0.25) is 29.0 Å². The highest BCUT2D eigenvalue weighted by Crippen LogP contribution is 2.33. The van der Waals surface area contributed by atoms with Gasteiger partial charge >= 0.3 is 0 Å². The number of hydrogen-bond acceptors (Lipinski definition) is 26. The number of carbonyl (C=O) groups is 5. The van der Waals surface area contributed by atoms with Gasteiger partial charge in [0.25, 0.3) is 35.5 Å². The highest BCUT2D eigenvalue weighted by atomic mass is 32.1. The Balaban J connectivity index is 0.000000147. The van der Waals surface area contributed by atoms with E-state index in [-0.39, 0.29) is 85.9 Å². The summed E-state index contributed by atoms with van der Waals surface area (Å²) in [6.07, 6.45) is 22.7. The van der Waals surface area contributed by atoms with Crippen LogP contribution >= 0.6 is 22.7 Å². The van der Waals surface area contributed by atoms with E-state index in [9.17, 15) is 54.7 Å². The van der Waals surface area contributed by atoms with Crippen LogP contribution in [0.25, 0.3) is 0 Å². The predicted molar refractivity (Wildman–Crippen MR) is 425 cm³/mol. The van der Waals surface area contributed by atoms with Crippen molar-refractivity contribution in [1.29, 1.82) is 0 Å². The van der Waals surface area contributed by atoms with Crippen LogP contribution in [0.1, 0.15) is 81.1 Å². The second-order valence-corrected chi connectivity index (χ2v) is 26.2. The number of benzene rings is 6. The van der Waals surface area contributed by atoms with Gasteiger partial charge in [0.15, 0.2) is 33.8 Å². The van der Waals surface area contributed by atoms with Crippen molar-refractivity contribution in [2.24, 2.45) is 0 Å². The topological polar surface area (TPSA) is 372 Å². The van der Waals surface area contributed by atoms with Crippen LogP contribution in [-0.2, 0) is 5.92 Å². The first-order valence-corrected chi connectivity index (χ1v) is 36.5. The zero-order valence-electron chi connectivity index (χ0n) is 62.6. The second kappa shape index (κ2) is 41.4. The van der Waals surface area contributed by atoms with Crippen LogP contribution in [0, 0.1) is 49.9 Å². The van der Waals surface area contributed by atoms with Gasteiger partial charge in [0, 0.05) is 124 Å². The molecule has 0 aliphatic rings. The van der Waals surface area contributed by atoms with Crippen LogP contribution in [-0.4, -0.2) is 99.3 Å². The van der Waals surface area contributed by atoms with Gasteiger partial charge in [0.1, 0.15) is 112 Å².